The van der Waals surface area contributed by atoms with E-state index in [2.05, 4.69) is 11.2 Å². The largest absolute Gasteiger partial charge is 0.464 e. The summed E-state index contributed by atoms with van der Waals surface area (Å²) in [5.41, 5.74) is -0.930. The molecule has 0 atom stereocenters. The van der Waals surface area contributed by atoms with E-state index in [9.17, 15) is 9.59 Å². The summed E-state index contributed by atoms with van der Waals surface area (Å²) in [7, 11) is 0. The normalized spacial score (nSPS) is 16.7. The molecule has 1 saturated carbocycles. The molecule has 1 fully saturated rings. The molecule has 0 aromatic carbocycles. The topological polar surface area (TPSA) is 64.6 Å². The van der Waals surface area contributed by atoms with E-state index in [1.165, 1.54) is 0 Å². The number of alkyl carbamates (subject to hydrolysis) is 1. The van der Waals surface area contributed by atoms with Crippen LogP contribution in [0.5, 0.6) is 0 Å². The minimum Gasteiger partial charge on any atom is -0.464 e. The van der Waals surface area contributed by atoms with Crippen LogP contribution in [0.1, 0.15) is 39.0 Å². The minimum atomic E-state index is -0.930. The molecule has 1 aliphatic carbocycles. The number of carbonyl (C=O) groups excluding carboxylic acids is 2. The summed E-state index contributed by atoms with van der Waals surface area (Å²) in [6, 6.07) is 0. The highest BCUT2D eigenvalue weighted by Crippen LogP contribution is 2.31. The van der Waals surface area contributed by atoms with E-state index in [4.69, 9.17) is 15.9 Å². The van der Waals surface area contributed by atoms with E-state index in [1.807, 2.05) is 6.92 Å². The van der Waals surface area contributed by atoms with Crippen LogP contribution in [0, 0.1) is 12.3 Å². The van der Waals surface area contributed by atoms with Crippen LogP contribution in [0.4, 0.5) is 4.79 Å². The molecule has 1 amide bonds. The molecule has 0 aromatic heterocycles. The number of esters is 1. The van der Waals surface area contributed by atoms with E-state index >= 15 is 0 Å². The fourth-order valence-corrected chi connectivity index (χ4v) is 2.03. The molecule has 0 heterocycles. The second kappa shape index (κ2) is 6.90. The van der Waals surface area contributed by atoms with Gasteiger partial charge in [0.1, 0.15) is 5.54 Å². The first-order valence-corrected chi connectivity index (χ1v) is 6.20. The first kappa shape index (κ1) is 14.4. The van der Waals surface area contributed by atoms with Crippen molar-refractivity contribution in [2.24, 2.45) is 0 Å². The van der Waals surface area contributed by atoms with Gasteiger partial charge in [0, 0.05) is 0 Å². The van der Waals surface area contributed by atoms with Crippen molar-refractivity contribution in [1.82, 2.24) is 5.32 Å². The van der Waals surface area contributed by atoms with Gasteiger partial charge >= 0.3 is 12.1 Å². The number of terminal acetylenes is 1. The van der Waals surface area contributed by atoms with E-state index in [1.54, 1.807) is 0 Å². The van der Waals surface area contributed by atoms with E-state index < -0.39 is 11.6 Å². The van der Waals surface area contributed by atoms with Gasteiger partial charge in [-0.1, -0.05) is 25.7 Å². The van der Waals surface area contributed by atoms with Crippen LogP contribution in [0.2, 0.25) is 0 Å². The molecule has 0 bridgehead atoms. The number of nitrogens with one attached hydrogen (secondary N) is 1. The summed E-state index contributed by atoms with van der Waals surface area (Å²) < 4.78 is 9.87. The Morgan fingerprint density at radius 2 is 2.00 bits per heavy atom. The lowest BCUT2D eigenvalue weighted by molar-refractivity contribution is -0.151. The zero-order chi connectivity index (χ0) is 13.4. The molecule has 0 radical (unpaired) electrons. The minimum absolute atomic E-state index is 0.105. The Bertz CT molecular complexity index is 339. The molecule has 1 N–H and O–H groups in total. The first-order valence-electron chi connectivity index (χ1n) is 6.20. The smallest absolute Gasteiger partial charge is 0.409 e. The summed E-state index contributed by atoms with van der Waals surface area (Å²) in [6.45, 7) is 2.18. The van der Waals surface area contributed by atoms with Gasteiger partial charge in [-0.05, 0) is 19.3 Å². The highest BCUT2D eigenvalue weighted by molar-refractivity contribution is 5.86. The lowest BCUT2D eigenvalue weighted by Crippen LogP contribution is -2.53. The van der Waals surface area contributed by atoms with E-state index in [0.717, 1.165) is 19.3 Å². The average Bonchev–Trinajstić information content (AvgIpc) is 2.83. The van der Waals surface area contributed by atoms with Crippen LogP contribution in [-0.2, 0) is 14.3 Å². The van der Waals surface area contributed by atoms with Crippen molar-refractivity contribution in [2.75, 3.05) is 13.2 Å². The standard InChI is InChI=1S/C13H19NO4/c1-3-9-17-11(15)13(7-5-6-8-13)14-12(16)18-10-4-2/h2H,3,5-10H2,1H3,(H,14,16). The Morgan fingerprint density at radius 3 is 2.56 bits per heavy atom. The quantitative estimate of drug-likeness (QED) is 0.597. The molecular weight excluding hydrogens is 234 g/mol. The van der Waals surface area contributed by atoms with Crippen molar-refractivity contribution in [2.45, 2.75) is 44.6 Å². The van der Waals surface area contributed by atoms with Gasteiger partial charge in [0.25, 0.3) is 0 Å². The Labute approximate surface area is 107 Å². The number of rotatable bonds is 5. The van der Waals surface area contributed by atoms with Gasteiger partial charge < -0.3 is 14.8 Å². The van der Waals surface area contributed by atoms with Gasteiger partial charge in [-0.2, -0.15) is 0 Å². The number of amides is 1. The molecular formula is C13H19NO4. The fourth-order valence-electron chi connectivity index (χ4n) is 2.03. The molecule has 0 aromatic rings. The molecule has 5 nitrogen and oxygen atoms in total. The molecule has 1 aliphatic rings. The number of ether oxygens (including phenoxy) is 2. The maximum absolute atomic E-state index is 12.0. The monoisotopic (exact) mass is 253 g/mol. The third-order valence-corrected chi connectivity index (χ3v) is 2.91. The second-order valence-corrected chi connectivity index (χ2v) is 4.33. The zero-order valence-corrected chi connectivity index (χ0v) is 10.7. The fraction of sp³-hybridized carbons (Fsp3) is 0.692. The average molecular weight is 253 g/mol. The lowest BCUT2D eigenvalue weighted by Gasteiger charge is -2.27. The van der Waals surface area contributed by atoms with Crippen molar-refractivity contribution < 1.29 is 19.1 Å². The summed E-state index contributed by atoms with van der Waals surface area (Å²) in [5, 5.41) is 2.60. The van der Waals surface area contributed by atoms with Crippen molar-refractivity contribution in [1.29, 1.82) is 0 Å². The summed E-state index contributed by atoms with van der Waals surface area (Å²) >= 11 is 0. The Balaban J connectivity index is 2.60. The van der Waals surface area contributed by atoms with Crippen molar-refractivity contribution >= 4 is 12.1 Å². The molecule has 100 valence electrons. The van der Waals surface area contributed by atoms with E-state index in [-0.39, 0.29) is 12.6 Å². The number of hydrogen-bond donors (Lipinski definition) is 1. The molecule has 5 heteroatoms. The Kier molecular flexibility index (Phi) is 5.50. The molecule has 0 unspecified atom stereocenters. The highest BCUT2D eigenvalue weighted by Gasteiger charge is 2.44. The third kappa shape index (κ3) is 3.66. The maximum atomic E-state index is 12.0. The van der Waals surface area contributed by atoms with Crippen LogP contribution in [0.15, 0.2) is 0 Å². The van der Waals surface area contributed by atoms with Gasteiger partial charge in [-0.15, -0.1) is 6.42 Å². The van der Waals surface area contributed by atoms with Crippen LogP contribution in [0.25, 0.3) is 0 Å². The molecule has 1 rings (SSSR count). The number of carbonyl (C=O) groups is 2. The Morgan fingerprint density at radius 1 is 1.33 bits per heavy atom. The van der Waals surface area contributed by atoms with Crippen molar-refractivity contribution in [3.8, 4) is 12.3 Å². The van der Waals surface area contributed by atoms with Gasteiger partial charge in [0.05, 0.1) is 6.61 Å². The van der Waals surface area contributed by atoms with Crippen molar-refractivity contribution in [3.63, 3.8) is 0 Å². The predicted molar refractivity (Wildman–Crippen MR) is 65.8 cm³/mol. The molecule has 0 saturated heterocycles. The van der Waals surface area contributed by atoms with Gasteiger partial charge in [0.15, 0.2) is 6.61 Å². The first-order chi connectivity index (χ1) is 8.64. The summed E-state index contributed by atoms with van der Waals surface area (Å²) in [5.74, 6) is 1.82. The Hall–Kier alpha value is -1.70. The SMILES string of the molecule is C#CCOC(=O)NC1(C(=O)OCCC)CCCC1. The summed E-state index contributed by atoms with van der Waals surface area (Å²) in [6.07, 6.45) is 8.03. The van der Waals surface area contributed by atoms with Crippen LogP contribution in [-0.4, -0.2) is 30.8 Å². The zero-order valence-electron chi connectivity index (χ0n) is 10.7. The summed E-state index contributed by atoms with van der Waals surface area (Å²) in [4.78, 5) is 23.5. The van der Waals surface area contributed by atoms with E-state index in [0.29, 0.717) is 19.4 Å². The van der Waals surface area contributed by atoms with Crippen LogP contribution in [0.3, 0.4) is 0 Å². The predicted octanol–water partition coefficient (Wildman–Crippen LogP) is 1.61. The second-order valence-electron chi connectivity index (χ2n) is 4.33. The molecule has 18 heavy (non-hydrogen) atoms. The molecule has 0 spiro atoms. The lowest BCUT2D eigenvalue weighted by atomic mass is 9.98. The van der Waals surface area contributed by atoms with Crippen LogP contribution < -0.4 is 5.32 Å². The van der Waals surface area contributed by atoms with Crippen molar-refractivity contribution in [3.05, 3.63) is 0 Å². The van der Waals surface area contributed by atoms with Gasteiger partial charge in [-0.25, -0.2) is 9.59 Å². The maximum Gasteiger partial charge on any atom is 0.409 e. The van der Waals surface area contributed by atoms with Crippen LogP contribution >= 0.6 is 0 Å². The molecule has 0 aliphatic heterocycles. The van der Waals surface area contributed by atoms with Gasteiger partial charge in [-0.3, -0.25) is 0 Å². The highest BCUT2D eigenvalue weighted by atomic mass is 16.6. The van der Waals surface area contributed by atoms with Gasteiger partial charge in [0.2, 0.25) is 0 Å². The third-order valence-electron chi connectivity index (χ3n) is 2.91. The number of hydrogen-bond acceptors (Lipinski definition) is 4.